The summed E-state index contributed by atoms with van der Waals surface area (Å²) in [5.74, 6) is 0. The van der Waals surface area contributed by atoms with Crippen molar-refractivity contribution in [3.05, 3.63) is 66.5 Å². The van der Waals surface area contributed by atoms with Gasteiger partial charge in [0.2, 0.25) is 0 Å². The number of benzene rings is 1. The number of hydrogen-bond acceptors (Lipinski definition) is 6. The first-order chi connectivity index (χ1) is 18.5. The number of aromatic nitrogens is 3. The van der Waals surface area contributed by atoms with Crippen LogP contribution in [0.25, 0.3) is 11.3 Å². The first-order valence-electron chi connectivity index (χ1n) is 12.3. The van der Waals surface area contributed by atoms with Crippen molar-refractivity contribution in [1.82, 2.24) is 24.4 Å². The number of aliphatic hydroxyl groups excluding tert-OH is 1. The van der Waals surface area contributed by atoms with E-state index in [4.69, 9.17) is 0 Å². The Kier molecular flexibility index (Phi) is 9.27. The summed E-state index contributed by atoms with van der Waals surface area (Å²) in [6.45, 7) is 6.53. The average molecular weight is 584 g/mol. The lowest BCUT2D eigenvalue weighted by Gasteiger charge is -2.43. The van der Waals surface area contributed by atoms with Crippen LogP contribution in [0.15, 0.2) is 66.0 Å². The highest BCUT2D eigenvalue weighted by Crippen LogP contribution is 2.31. The van der Waals surface area contributed by atoms with Gasteiger partial charge in [0, 0.05) is 24.5 Å². The van der Waals surface area contributed by atoms with Crippen molar-refractivity contribution in [3.8, 4) is 11.3 Å². The maximum Gasteiger partial charge on any atom is 0.416 e. The molecule has 1 aromatic carbocycles. The fraction of sp³-hybridized carbons (Fsp3) is 0.423. The monoisotopic (exact) mass is 583 g/mol. The zero-order valence-corrected chi connectivity index (χ0v) is 23.2. The predicted molar refractivity (Wildman–Crippen MR) is 141 cm³/mol. The smallest absolute Gasteiger partial charge is 0.416 e. The van der Waals surface area contributed by atoms with E-state index in [2.05, 4.69) is 14.8 Å². The molecule has 10 nitrogen and oxygen atoms in total. The molecule has 0 radical (unpaired) electrons. The Morgan fingerprint density at radius 2 is 1.75 bits per heavy atom. The van der Waals surface area contributed by atoms with Gasteiger partial charge in [-0.2, -0.15) is 18.3 Å². The standard InChI is InChI=1S/C26H32F3N5O5S/c1-17(21(35)15-31-40(38,39)23-7-5-6-13-30-23)34(24(36)37)22(25(2,3)4)16-33-14-12-20(32-33)18-8-10-19(11-9-18)26(27,28)29/h5-14,17,21-22,31,35H,15-16H2,1-4H3,(H,36,37)/t17-,21-,22?/m0/s1. The third-order valence-electron chi connectivity index (χ3n) is 6.46. The molecule has 0 bridgehead atoms. The van der Waals surface area contributed by atoms with Gasteiger partial charge in [-0.1, -0.05) is 39.0 Å². The van der Waals surface area contributed by atoms with Crippen molar-refractivity contribution in [2.45, 2.75) is 63.6 Å². The summed E-state index contributed by atoms with van der Waals surface area (Å²) in [7, 11) is -4.03. The molecule has 0 fully saturated rings. The quantitative estimate of drug-likeness (QED) is 0.327. The minimum atomic E-state index is -4.46. The zero-order chi connectivity index (χ0) is 29.9. The number of nitrogens with one attached hydrogen (secondary N) is 1. The lowest BCUT2D eigenvalue weighted by Crippen LogP contribution is -2.57. The van der Waals surface area contributed by atoms with Crippen LogP contribution in [0.4, 0.5) is 18.0 Å². The molecular formula is C26H32F3N5O5S. The molecule has 0 aliphatic heterocycles. The number of nitrogens with zero attached hydrogens (tertiary/aromatic N) is 4. The first-order valence-corrected chi connectivity index (χ1v) is 13.8. The van der Waals surface area contributed by atoms with E-state index in [1.807, 2.05) is 20.8 Å². The van der Waals surface area contributed by atoms with Gasteiger partial charge >= 0.3 is 12.3 Å². The highest BCUT2D eigenvalue weighted by molar-refractivity contribution is 7.89. The number of carbonyl (C=O) groups is 1. The minimum Gasteiger partial charge on any atom is -0.465 e. The molecule has 2 heterocycles. The van der Waals surface area contributed by atoms with Crippen LogP contribution >= 0.6 is 0 Å². The van der Waals surface area contributed by atoms with Crippen molar-refractivity contribution in [2.75, 3.05) is 6.54 Å². The van der Waals surface area contributed by atoms with Gasteiger partial charge in [-0.05, 0) is 42.7 Å². The zero-order valence-electron chi connectivity index (χ0n) is 22.4. The number of rotatable bonds is 10. The predicted octanol–water partition coefficient (Wildman–Crippen LogP) is 4.09. The summed E-state index contributed by atoms with van der Waals surface area (Å²) in [4.78, 5) is 17.3. The summed E-state index contributed by atoms with van der Waals surface area (Å²) in [5.41, 5.74) is -0.575. The van der Waals surface area contributed by atoms with E-state index in [-0.39, 0.29) is 11.6 Å². The van der Waals surface area contributed by atoms with E-state index >= 15 is 0 Å². The van der Waals surface area contributed by atoms with Crippen LogP contribution < -0.4 is 4.72 Å². The first kappa shape index (κ1) is 31.0. The Morgan fingerprint density at radius 1 is 1.10 bits per heavy atom. The summed E-state index contributed by atoms with van der Waals surface area (Å²) >= 11 is 0. The van der Waals surface area contributed by atoms with E-state index < -0.39 is 58.0 Å². The topological polar surface area (TPSA) is 138 Å². The largest absolute Gasteiger partial charge is 0.465 e. The molecule has 3 rings (SSSR count). The van der Waals surface area contributed by atoms with Gasteiger partial charge in [0.15, 0.2) is 5.03 Å². The van der Waals surface area contributed by atoms with Gasteiger partial charge < -0.3 is 10.2 Å². The second kappa shape index (κ2) is 11.9. The van der Waals surface area contributed by atoms with E-state index in [1.54, 1.807) is 18.3 Å². The lowest BCUT2D eigenvalue weighted by molar-refractivity contribution is -0.137. The molecule has 2 aromatic heterocycles. The van der Waals surface area contributed by atoms with Crippen molar-refractivity contribution < 1.29 is 36.6 Å². The number of sulfonamides is 1. The molecule has 1 unspecified atom stereocenters. The molecule has 218 valence electrons. The van der Waals surface area contributed by atoms with Gasteiger partial charge in [0.05, 0.1) is 36.0 Å². The number of carboxylic acid groups (broad SMARTS) is 1. The van der Waals surface area contributed by atoms with Crippen LogP contribution in [-0.2, 0) is 22.7 Å². The van der Waals surface area contributed by atoms with Crippen LogP contribution in [-0.4, -0.2) is 69.1 Å². The number of halogens is 3. The van der Waals surface area contributed by atoms with Crippen molar-refractivity contribution in [1.29, 1.82) is 0 Å². The van der Waals surface area contributed by atoms with E-state index in [0.29, 0.717) is 11.3 Å². The molecule has 40 heavy (non-hydrogen) atoms. The Morgan fingerprint density at radius 3 is 2.27 bits per heavy atom. The maximum absolute atomic E-state index is 12.9. The van der Waals surface area contributed by atoms with Crippen LogP contribution in [0, 0.1) is 5.41 Å². The summed E-state index contributed by atoms with van der Waals surface area (Å²) in [6.07, 6.45) is -4.29. The Labute approximate surface area is 230 Å². The fourth-order valence-electron chi connectivity index (χ4n) is 4.13. The van der Waals surface area contributed by atoms with Crippen LogP contribution in [0.1, 0.15) is 33.3 Å². The average Bonchev–Trinajstić information content (AvgIpc) is 3.35. The van der Waals surface area contributed by atoms with Gasteiger partial charge in [0.25, 0.3) is 10.0 Å². The van der Waals surface area contributed by atoms with E-state index in [0.717, 1.165) is 17.0 Å². The molecule has 0 saturated heterocycles. The Balaban J connectivity index is 1.79. The molecule has 3 N–H and O–H groups in total. The summed E-state index contributed by atoms with van der Waals surface area (Å²) in [6, 6.07) is 8.74. The normalized spacial score (nSPS) is 14.9. The molecule has 3 aromatic rings. The SMILES string of the molecule is C[C@@H]([C@@H](O)CNS(=O)(=O)c1ccccn1)N(C(=O)O)C(Cn1ccc(-c2ccc(C(F)(F)F)cc2)n1)C(C)(C)C. The van der Waals surface area contributed by atoms with Crippen molar-refractivity contribution in [3.63, 3.8) is 0 Å². The van der Waals surface area contributed by atoms with Crippen molar-refractivity contribution in [2.24, 2.45) is 5.41 Å². The number of alkyl halides is 3. The number of amides is 1. The third-order valence-corrected chi connectivity index (χ3v) is 7.80. The lowest BCUT2D eigenvalue weighted by atomic mass is 9.84. The van der Waals surface area contributed by atoms with Crippen LogP contribution in [0.2, 0.25) is 0 Å². The van der Waals surface area contributed by atoms with Gasteiger partial charge in [-0.15, -0.1) is 0 Å². The number of aliphatic hydroxyl groups is 1. The third kappa shape index (κ3) is 7.58. The second-order valence-corrected chi connectivity index (χ2v) is 12.1. The molecule has 0 aliphatic carbocycles. The molecule has 14 heteroatoms. The molecule has 3 atom stereocenters. The number of pyridine rings is 1. The highest BCUT2D eigenvalue weighted by Gasteiger charge is 2.39. The van der Waals surface area contributed by atoms with Crippen LogP contribution in [0.3, 0.4) is 0 Å². The number of hydrogen-bond donors (Lipinski definition) is 3. The fourth-order valence-corrected chi connectivity index (χ4v) is 5.12. The summed E-state index contributed by atoms with van der Waals surface area (Å²) in [5, 5.41) is 25.1. The highest BCUT2D eigenvalue weighted by atomic mass is 32.2. The van der Waals surface area contributed by atoms with E-state index in [1.165, 1.54) is 42.1 Å². The molecule has 0 spiro atoms. The summed E-state index contributed by atoms with van der Waals surface area (Å²) < 4.78 is 67.5. The molecular weight excluding hydrogens is 551 g/mol. The Bertz CT molecular complexity index is 1390. The van der Waals surface area contributed by atoms with Gasteiger partial charge in [-0.3, -0.25) is 9.58 Å². The minimum absolute atomic E-state index is 0.0627. The maximum atomic E-state index is 12.9. The molecule has 0 saturated carbocycles. The molecule has 0 aliphatic rings. The molecule has 1 amide bonds. The van der Waals surface area contributed by atoms with E-state index in [9.17, 15) is 36.6 Å². The van der Waals surface area contributed by atoms with Gasteiger partial charge in [0.1, 0.15) is 0 Å². The second-order valence-electron chi connectivity index (χ2n) is 10.4. The van der Waals surface area contributed by atoms with Crippen molar-refractivity contribution >= 4 is 16.1 Å². The Hall–Kier alpha value is -3.49. The van der Waals surface area contributed by atoms with Gasteiger partial charge in [-0.25, -0.2) is 22.9 Å². The van der Waals surface area contributed by atoms with Crippen LogP contribution in [0.5, 0.6) is 0 Å².